The smallest absolute Gasteiger partial charge is 0.260 e. The highest BCUT2D eigenvalue weighted by Gasteiger charge is 2.22. The van der Waals surface area contributed by atoms with E-state index in [1.165, 1.54) is 19.8 Å². The lowest BCUT2D eigenvalue weighted by Crippen LogP contribution is -2.42. The molecule has 1 aliphatic carbocycles. The van der Waals surface area contributed by atoms with E-state index in [2.05, 4.69) is 5.32 Å². The lowest BCUT2D eigenvalue weighted by molar-refractivity contribution is -0.128. The van der Waals surface area contributed by atoms with Gasteiger partial charge in [0, 0.05) is 12.1 Å². The Morgan fingerprint density at radius 2 is 1.83 bits per heavy atom. The fourth-order valence-electron chi connectivity index (χ4n) is 3.00. The van der Waals surface area contributed by atoms with Crippen molar-refractivity contribution in [1.29, 1.82) is 0 Å². The summed E-state index contributed by atoms with van der Waals surface area (Å²) in [6.45, 7) is 3.18. The first-order chi connectivity index (χ1) is 11.5. The van der Waals surface area contributed by atoms with Crippen LogP contribution in [0.5, 0.6) is 11.5 Å². The number of methoxy groups -OCH3 is 1. The normalized spacial score (nSPS) is 16.8. The molecule has 0 radical (unpaired) electrons. The molecule has 0 bridgehead atoms. The van der Waals surface area contributed by atoms with Crippen LogP contribution in [-0.4, -0.2) is 30.9 Å². The Morgan fingerprint density at radius 1 is 1.17 bits per heavy atom. The highest BCUT2D eigenvalue weighted by Crippen LogP contribution is 2.26. The molecule has 2 rings (SSSR count). The average Bonchev–Trinajstić information content (AvgIpc) is 2.83. The number of hydrogen-bond acceptors (Lipinski definition) is 4. The molecule has 1 aromatic carbocycles. The molecular formula is C19H27NO4. The number of nitrogens with one attached hydrogen (secondary N) is 1. The Balaban J connectivity index is 2.03. The van der Waals surface area contributed by atoms with E-state index in [0.717, 1.165) is 25.7 Å². The molecule has 1 fully saturated rings. The van der Waals surface area contributed by atoms with E-state index in [-0.39, 0.29) is 17.7 Å². The van der Waals surface area contributed by atoms with E-state index in [4.69, 9.17) is 9.47 Å². The van der Waals surface area contributed by atoms with Crippen molar-refractivity contribution in [3.8, 4) is 11.5 Å². The fourth-order valence-corrected chi connectivity index (χ4v) is 3.00. The molecule has 132 valence electrons. The van der Waals surface area contributed by atoms with E-state index in [1.807, 2.05) is 0 Å². The highest BCUT2D eigenvalue weighted by atomic mass is 16.5. The van der Waals surface area contributed by atoms with Crippen LogP contribution in [0, 0.1) is 0 Å². The molecule has 1 aromatic rings. The molecule has 1 amide bonds. The highest BCUT2D eigenvalue weighted by molar-refractivity contribution is 5.97. The Morgan fingerprint density at radius 3 is 2.42 bits per heavy atom. The lowest BCUT2D eigenvalue weighted by Gasteiger charge is -2.21. The van der Waals surface area contributed by atoms with Crippen LogP contribution in [0.25, 0.3) is 0 Å². The molecule has 1 N–H and O–H groups in total. The predicted molar refractivity (Wildman–Crippen MR) is 92.7 cm³/mol. The van der Waals surface area contributed by atoms with Crippen LogP contribution < -0.4 is 14.8 Å². The third-order valence-corrected chi connectivity index (χ3v) is 4.44. The standard InChI is InChI=1S/C19H27NO4/c1-13(21)17-11-10-16(23-3)12-18(17)24-14(2)19(22)20-15-8-6-4-5-7-9-15/h10-12,14-15H,4-9H2,1-3H3,(H,20,22). The van der Waals surface area contributed by atoms with E-state index in [0.29, 0.717) is 17.1 Å². The molecule has 0 spiro atoms. The van der Waals surface area contributed by atoms with Crippen molar-refractivity contribution in [2.45, 2.75) is 64.5 Å². The van der Waals surface area contributed by atoms with Crippen LogP contribution in [-0.2, 0) is 4.79 Å². The number of hydrogen-bond donors (Lipinski definition) is 1. The summed E-state index contributed by atoms with van der Waals surface area (Å²) in [7, 11) is 1.55. The van der Waals surface area contributed by atoms with Crippen LogP contribution in [0.1, 0.15) is 62.7 Å². The van der Waals surface area contributed by atoms with E-state index < -0.39 is 6.10 Å². The van der Waals surface area contributed by atoms with Crippen molar-refractivity contribution >= 4 is 11.7 Å². The molecule has 1 aliphatic rings. The van der Waals surface area contributed by atoms with Gasteiger partial charge in [0.05, 0.1) is 12.7 Å². The fraction of sp³-hybridized carbons (Fsp3) is 0.579. The first-order valence-corrected chi connectivity index (χ1v) is 8.67. The van der Waals surface area contributed by atoms with Gasteiger partial charge in [-0.05, 0) is 38.8 Å². The third kappa shape index (κ3) is 4.98. The minimum absolute atomic E-state index is 0.107. The maximum Gasteiger partial charge on any atom is 0.260 e. The summed E-state index contributed by atoms with van der Waals surface area (Å²) in [5.74, 6) is 0.722. The summed E-state index contributed by atoms with van der Waals surface area (Å²) in [4.78, 5) is 24.2. The van der Waals surface area contributed by atoms with Crippen LogP contribution in [0.3, 0.4) is 0 Å². The number of ether oxygens (including phenoxy) is 2. The molecular weight excluding hydrogens is 306 g/mol. The summed E-state index contributed by atoms with van der Waals surface area (Å²) in [5.41, 5.74) is 0.449. The van der Waals surface area contributed by atoms with Crippen molar-refractivity contribution in [3.63, 3.8) is 0 Å². The number of rotatable bonds is 6. The van der Waals surface area contributed by atoms with Gasteiger partial charge in [0.2, 0.25) is 0 Å². The molecule has 1 atom stereocenters. The molecule has 5 heteroatoms. The summed E-state index contributed by atoms with van der Waals surface area (Å²) < 4.78 is 10.9. The first kappa shape index (κ1) is 18.3. The lowest BCUT2D eigenvalue weighted by atomic mass is 10.1. The second-order valence-corrected chi connectivity index (χ2v) is 6.38. The zero-order chi connectivity index (χ0) is 17.5. The van der Waals surface area contributed by atoms with Gasteiger partial charge in [-0.15, -0.1) is 0 Å². The largest absolute Gasteiger partial charge is 0.497 e. The van der Waals surface area contributed by atoms with E-state index in [1.54, 1.807) is 32.2 Å². The van der Waals surface area contributed by atoms with Gasteiger partial charge >= 0.3 is 0 Å². The van der Waals surface area contributed by atoms with Gasteiger partial charge in [-0.2, -0.15) is 0 Å². The Labute approximate surface area is 143 Å². The minimum Gasteiger partial charge on any atom is -0.497 e. The summed E-state index contributed by atoms with van der Waals surface area (Å²) in [6.07, 6.45) is 6.18. The molecule has 24 heavy (non-hydrogen) atoms. The summed E-state index contributed by atoms with van der Waals surface area (Å²) in [5, 5.41) is 3.08. The quantitative estimate of drug-likeness (QED) is 0.639. The zero-order valence-electron chi connectivity index (χ0n) is 14.8. The SMILES string of the molecule is COc1ccc(C(C)=O)c(OC(C)C(=O)NC2CCCCCC2)c1. The molecule has 0 saturated heterocycles. The third-order valence-electron chi connectivity index (χ3n) is 4.44. The summed E-state index contributed by atoms with van der Waals surface area (Å²) in [6, 6.07) is 5.24. The monoisotopic (exact) mass is 333 g/mol. The number of ketones is 1. The van der Waals surface area contributed by atoms with Gasteiger partial charge in [-0.3, -0.25) is 9.59 Å². The number of benzene rings is 1. The van der Waals surface area contributed by atoms with Crippen molar-refractivity contribution in [2.75, 3.05) is 7.11 Å². The van der Waals surface area contributed by atoms with Gasteiger partial charge in [0.15, 0.2) is 11.9 Å². The average molecular weight is 333 g/mol. The minimum atomic E-state index is -0.668. The van der Waals surface area contributed by atoms with Gasteiger partial charge in [-0.1, -0.05) is 25.7 Å². The first-order valence-electron chi connectivity index (χ1n) is 8.67. The number of carbonyl (C=O) groups excluding carboxylic acids is 2. The van der Waals surface area contributed by atoms with Gasteiger partial charge in [0.1, 0.15) is 11.5 Å². The van der Waals surface area contributed by atoms with Crippen molar-refractivity contribution < 1.29 is 19.1 Å². The topological polar surface area (TPSA) is 64.6 Å². The molecule has 0 aromatic heterocycles. The van der Waals surface area contributed by atoms with Gasteiger partial charge < -0.3 is 14.8 Å². The van der Waals surface area contributed by atoms with Gasteiger partial charge in [0.25, 0.3) is 5.91 Å². The molecule has 1 saturated carbocycles. The molecule has 5 nitrogen and oxygen atoms in total. The van der Waals surface area contributed by atoms with Crippen molar-refractivity contribution in [3.05, 3.63) is 23.8 Å². The number of Topliss-reactive ketones (excluding diaryl/α,β-unsaturated/α-hetero) is 1. The van der Waals surface area contributed by atoms with Gasteiger partial charge in [-0.25, -0.2) is 0 Å². The number of carbonyl (C=O) groups is 2. The van der Waals surface area contributed by atoms with Crippen LogP contribution in [0.2, 0.25) is 0 Å². The molecule has 0 heterocycles. The molecule has 0 aliphatic heterocycles. The second-order valence-electron chi connectivity index (χ2n) is 6.38. The second kappa shape index (κ2) is 8.71. The van der Waals surface area contributed by atoms with Crippen LogP contribution in [0.15, 0.2) is 18.2 Å². The maximum atomic E-state index is 12.4. The molecule has 1 unspecified atom stereocenters. The zero-order valence-corrected chi connectivity index (χ0v) is 14.8. The Bertz CT molecular complexity index is 577. The Kier molecular flexibility index (Phi) is 6.64. The predicted octanol–water partition coefficient (Wildman–Crippen LogP) is 3.50. The maximum absolute atomic E-state index is 12.4. The van der Waals surface area contributed by atoms with E-state index in [9.17, 15) is 9.59 Å². The summed E-state index contributed by atoms with van der Waals surface area (Å²) >= 11 is 0. The van der Waals surface area contributed by atoms with E-state index >= 15 is 0 Å². The number of amides is 1. The Hall–Kier alpha value is -2.04. The van der Waals surface area contributed by atoms with Crippen molar-refractivity contribution in [1.82, 2.24) is 5.32 Å². The van der Waals surface area contributed by atoms with Crippen LogP contribution >= 0.6 is 0 Å². The van der Waals surface area contributed by atoms with Crippen molar-refractivity contribution in [2.24, 2.45) is 0 Å². The van der Waals surface area contributed by atoms with Crippen LogP contribution in [0.4, 0.5) is 0 Å².